The Kier molecular flexibility index (Phi) is 7.07. The molecule has 0 radical (unpaired) electrons. The Morgan fingerprint density at radius 2 is 1.67 bits per heavy atom. The Morgan fingerprint density at radius 1 is 1.03 bits per heavy atom. The molecule has 30 heavy (non-hydrogen) atoms. The van der Waals surface area contributed by atoms with Crippen LogP contribution in [-0.4, -0.2) is 57.0 Å². The van der Waals surface area contributed by atoms with Gasteiger partial charge in [0.05, 0.1) is 18.6 Å². The predicted molar refractivity (Wildman–Crippen MR) is 114 cm³/mol. The zero-order valence-electron chi connectivity index (χ0n) is 16.7. The van der Waals surface area contributed by atoms with Crippen molar-refractivity contribution in [3.63, 3.8) is 0 Å². The van der Waals surface area contributed by atoms with Gasteiger partial charge in [-0.2, -0.15) is 0 Å². The van der Waals surface area contributed by atoms with E-state index in [1.165, 1.54) is 7.11 Å². The molecule has 1 atom stereocenters. The topological polar surface area (TPSA) is 105 Å². The number of amides is 2. The summed E-state index contributed by atoms with van der Waals surface area (Å²) in [5.74, 6) is -0.0754. The van der Waals surface area contributed by atoms with Gasteiger partial charge in [0.1, 0.15) is 6.04 Å². The molecule has 1 unspecified atom stereocenters. The Labute approximate surface area is 176 Å². The number of nitrogens with zero attached hydrogens (tertiary/aromatic N) is 1. The van der Waals surface area contributed by atoms with E-state index in [2.05, 4.69) is 15.4 Å². The lowest BCUT2D eigenvalue weighted by atomic mass is 10.0. The molecule has 2 aromatic carbocycles. The molecule has 2 aromatic rings. The number of anilines is 1. The summed E-state index contributed by atoms with van der Waals surface area (Å²) in [7, 11) is -1.75. The molecular weight excluding hydrogens is 406 g/mol. The lowest BCUT2D eigenvalue weighted by Gasteiger charge is -2.33. The number of hydrogen-bond donors (Lipinski definition) is 2. The highest BCUT2D eigenvalue weighted by atomic mass is 32.2. The summed E-state index contributed by atoms with van der Waals surface area (Å²) in [6.07, 6.45) is -0.551. The van der Waals surface area contributed by atoms with Crippen molar-refractivity contribution in [3.8, 4) is 0 Å². The van der Waals surface area contributed by atoms with E-state index in [0.717, 1.165) is 11.1 Å². The molecule has 2 amide bonds. The van der Waals surface area contributed by atoms with Gasteiger partial charge in [0.2, 0.25) is 5.91 Å². The zero-order valence-corrected chi connectivity index (χ0v) is 17.5. The molecule has 3 rings (SSSR count). The third kappa shape index (κ3) is 5.80. The molecule has 1 saturated heterocycles. The van der Waals surface area contributed by atoms with E-state index < -0.39 is 22.0 Å². The van der Waals surface area contributed by atoms with Crippen molar-refractivity contribution in [1.29, 1.82) is 0 Å². The molecule has 9 heteroatoms. The van der Waals surface area contributed by atoms with Crippen molar-refractivity contribution < 1.29 is 22.7 Å². The van der Waals surface area contributed by atoms with Crippen molar-refractivity contribution in [3.05, 3.63) is 65.7 Å². The molecule has 0 saturated carbocycles. The number of ether oxygens (including phenoxy) is 1. The van der Waals surface area contributed by atoms with Crippen LogP contribution in [0.15, 0.2) is 54.6 Å². The SMILES string of the molecule is COC(=O)Nc1ccc(CNC(=O)C(c2ccccc2)N2CCS(=O)(=O)CC2)cc1. The maximum atomic E-state index is 13.1. The highest BCUT2D eigenvalue weighted by Crippen LogP contribution is 2.23. The average molecular weight is 432 g/mol. The molecular formula is C21H25N3O5S. The quantitative estimate of drug-likeness (QED) is 0.724. The molecule has 1 aliphatic heterocycles. The first-order valence-electron chi connectivity index (χ1n) is 9.59. The van der Waals surface area contributed by atoms with Crippen molar-refractivity contribution in [2.75, 3.05) is 37.0 Å². The van der Waals surface area contributed by atoms with Crippen molar-refractivity contribution in [2.24, 2.45) is 0 Å². The average Bonchev–Trinajstić information content (AvgIpc) is 2.75. The number of sulfone groups is 1. The Morgan fingerprint density at radius 3 is 2.27 bits per heavy atom. The van der Waals surface area contributed by atoms with Crippen LogP contribution in [0.4, 0.5) is 10.5 Å². The van der Waals surface area contributed by atoms with Crippen molar-refractivity contribution >= 4 is 27.5 Å². The van der Waals surface area contributed by atoms with Gasteiger partial charge in [-0.05, 0) is 23.3 Å². The number of hydrogen-bond acceptors (Lipinski definition) is 6. The third-order valence-corrected chi connectivity index (χ3v) is 6.57. The Balaban J connectivity index is 1.67. The van der Waals surface area contributed by atoms with Gasteiger partial charge in [-0.1, -0.05) is 42.5 Å². The largest absolute Gasteiger partial charge is 0.453 e. The molecule has 1 heterocycles. The van der Waals surface area contributed by atoms with E-state index in [1.807, 2.05) is 35.2 Å². The van der Waals surface area contributed by atoms with Crippen LogP contribution in [0.5, 0.6) is 0 Å². The summed E-state index contributed by atoms with van der Waals surface area (Å²) in [6.45, 7) is 0.958. The molecule has 1 fully saturated rings. The summed E-state index contributed by atoms with van der Waals surface area (Å²) in [5.41, 5.74) is 2.28. The normalized spacial score (nSPS) is 17.0. The van der Waals surface area contributed by atoms with Crippen LogP contribution in [0.1, 0.15) is 17.2 Å². The van der Waals surface area contributed by atoms with Crippen LogP contribution in [0, 0.1) is 0 Å². The predicted octanol–water partition coefficient (Wildman–Crippen LogP) is 1.95. The molecule has 2 N–H and O–H groups in total. The van der Waals surface area contributed by atoms with Crippen LogP contribution >= 0.6 is 0 Å². The molecule has 0 bridgehead atoms. The zero-order chi connectivity index (χ0) is 21.6. The smallest absolute Gasteiger partial charge is 0.411 e. The number of rotatable bonds is 6. The first kappa shape index (κ1) is 21.8. The molecule has 160 valence electrons. The van der Waals surface area contributed by atoms with Gasteiger partial charge in [-0.15, -0.1) is 0 Å². The van der Waals surface area contributed by atoms with E-state index in [-0.39, 0.29) is 17.4 Å². The Bertz CT molecular complexity index is 963. The fourth-order valence-corrected chi connectivity index (χ4v) is 4.54. The van der Waals surface area contributed by atoms with E-state index in [0.29, 0.717) is 25.3 Å². The number of carbonyl (C=O) groups is 2. The highest BCUT2D eigenvalue weighted by Gasteiger charge is 2.32. The van der Waals surface area contributed by atoms with E-state index in [1.54, 1.807) is 24.3 Å². The number of benzene rings is 2. The lowest BCUT2D eigenvalue weighted by molar-refractivity contribution is -0.126. The minimum atomic E-state index is -3.04. The van der Waals surface area contributed by atoms with E-state index in [4.69, 9.17) is 0 Å². The van der Waals surface area contributed by atoms with Gasteiger partial charge in [0.25, 0.3) is 0 Å². The second-order valence-electron chi connectivity index (χ2n) is 7.03. The minimum Gasteiger partial charge on any atom is -0.453 e. The van der Waals surface area contributed by atoms with Crippen molar-refractivity contribution in [2.45, 2.75) is 12.6 Å². The first-order valence-corrected chi connectivity index (χ1v) is 11.4. The van der Waals surface area contributed by atoms with Crippen LogP contribution in [-0.2, 0) is 25.9 Å². The summed E-state index contributed by atoms with van der Waals surface area (Å²) >= 11 is 0. The summed E-state index contributed by atoms with van der Waals surface area (Å²) in [5, 5.41) is 5.51. The molecule has 1 aliphatic rings. The van der Waals surface area contributed by atoms with Crippen LogP contribution in [0.3, 0.4) is 0 Å². The van der Waals surface area contributed by atoms with Crippen LogP contribution < -0.4 is 10.6 Å². The first-order chi connectivity index (χ1) is 14.4. The van der Waals surface area contributed by atoms with Gasteiger partial charge in [0, 0.05) is 25.3 Å². The Hall–Kier alpha value is -2.91. The van der Waals surface area contributed by atoms with Gasteiger partial charge in [-0.25, -0.2) is 13.2 Å². The molecule has 8 nitrogen and oxygen atoms in total. The molecule has 0 aromatic heterocycles. The van der Waals surface area contributed by atoms with Gasteiger partial charge in [0.15, 0.2) is 9.84 Å². The second kappa shape index (κ2) is 9.73. The molecule has 0 spiro atoms. The van der Waals surface area contributed by atoms with E-state index in [9.17, 15) is 18.0 Å². The fraction of sp³-hybridized carbons (Fsp3) is 0.333. The van der Waals surface area contributed by atoms with Gasteiger partial charge >= 0.3 is 6.09 Å². The second-order valence-corrected chi connectivity index (χ2v) is 9.34. The summed E-state index contributed by atoms with van der Waals surface area (Å²) < 4.78 is 28.1. The van der Waals surface area contributed by atoms with Crippen molar-refractivity contribution in [1.82, 2.24) is 10.2 Å². The lowest BCUT2D eigenvalue weighted by Crippen LogP contribution is -2.47. The number of carbonyl (C=O) groups excluding carboxylic acids is 2. The van der Waals surface area contributed by atoms with Gasteiger partial charge in [-0.3, -0.25) is 15.0 Å². The monoisotopic (exact) mass is 431 g/mol. The fourth-order valence-electron chi connectivity index (χ4n) is 3.31. The summed E-state index contributed by atoms with van der Waals surface area (Å²) in [6, 6.07) is 15.9. The molecule has 0 aliphatic carbocycles. The van der Waals surface area contributed by atoms with Crippen LogP contribution in [0.25, 0.3) is 0 Å². The van der Waals surface area contributed by atoms with E-state index >= 15 is 0 Å². The van der Waals surface area contributed by atoms with Crippen LogP contribution in [0.2, 0.25) is 0 Å². The third-order valence-electron chi connectivity index (χ3n) is 4.96. The standard InChI is InChI=1S/C21H25N3O5S/c1-29-21(26)23-18-9-7-16(8-10-18)15-22-20(25)19(17-5-3-2-4-6-17)24-11-13-30(27,28)14-12-24/h2-10,19H,11-15H2,1H3,(H,22,25)(H,23,26). The summed E-state index contributed by atoms with van der Waals surface area (Å²) in [4.78, 5) is 26.2. The number of nitrogens with one attached hydrogen (secondary N) is 2. The van der Waals surface area contributed by atoms with Gasteiger partial charge < -0.3 is 10.1 Å². The number of methoxy groups -OCH3 is 1. The maximum absolute atomic E-state index is 13.1. The minimum absolute atomic E-state index is 0.0538. The maximum Gasteiger partial charge on any atom is 0.411 e. The highest BCUT2D eigenvalue weighted by molar-refractivity contribution is 7.91.